The average Bonchev–Trinajstić information content (AvgIpc) is 3.13. The quantitative estimate of drug-likeness (QED) is 0.401. The summed E-state index contributed by atoms with van der Waals surface area (Å²) in [6, 6.07) is 8.05. The lowest BCUT2D eigenvalue weighted by atomic mass is 10.1. The molecule has 0 N–H and O–H groups in total. The summed E-state index contributed by atoms with van der Waals surface area (Å²) < 4.78 is 11.3. The largest absolute Gasteiger partial charge is 0.494 e. The van der Waals surface area contributed by atoms with E-state index in [9.17, 15) is 4.79 Å². The predicted molar refractivity (Wildman–Crippen MR) is 110 cm³/mol. The van der Waals surface area contributed by atoms with Crippen LogP contribution >= 0.6 is 11.8 Å². The van der Waals surface area contributed by atoms with Crippen LogP contribution in [0.25, 0.3) is 4.91 Å². The van der Waals surface area contributed by atoms with Gasteiger partial charge in [-0.05, 0) is 69.1 Å². The Morgan fingerprint density at radius 2 is 1.96 bits per heavy atom. The number of thioether (sulfide) groups is 1. The van der Waals surface area contributed by atoms with E-state index in [1.54, 1.807) is 11.8 Å². The van der Waals surface area contributed by atoms with E-state index in [0.717, 1.165) is 29.7 Å². The fourth-order valence-electron chi connectivity index (χ4n) is 2.96. The van der Waals surface area contributed by atoms with Crippen molar-refractivity contribution in [2.45, 2.75) is 52.1 Å². The maximum Gasteiger partial charge on any atom is 0.309 e. The van der Waals surface area contributed by atoms with Crippen molar-refractivity contribution in [1.82, 2.24) is 0 Å². The summed E-state index contributed by atoms with van der Waals surface area (Å²) in [6.45, 7) is 8.35. The minimum Gasteiger partial charge on any atom is -0.494 e. The maximum atomic E-state index is 12.1. The number of rotatable bonds is 9. The Kier molecular flexibility index (Phi) is 8.30. The molecule has 1 aromatic carbocycles. The Bertz CT molecular complexity index is 627. The van der Waals surface area contributed by atoms with Gasteiger partial charge in [-0.25, -0.2) is 0 Å². The minimum atomic E-state index is -0.128. The molecule has 0 aliphatic heterocycles. The van der Waals surface area contributed by atoms with Gasteiger partial charge in [0.25, 0.3) is 0 Å². The Labute approximate surface area is 161 Å². The molecule has 142 valence electrons. The average molecular weight is 375 g/mol. The van der Waals surface area contributed by atoms with Crippen LogP contribution in [0.2, 0.25) is 0 Å². The fourth-order valence-corrected chi connectivity index (χ4v) is 3.65. The fraction of sp³-hybridized carbons (Fsp3) is 0.500. The van der Waals surface area contributed by atoms with Crippen molar-refractivity contribution in [2.75, 3.05) is 12.9 Å². The lowest BCUT2D eigenvalue weighted by molar-refractivity contribution is -0.153. The van der Waals surface area contributed by atoms with Crippen LogP contribution in [0.3, 0.4) is 0 Å². The van der Waals surface area contributed by atoms with E-state index < -0.39 is 0 Å². The lowest BCUT2D eigenvalue weighted by Crippen LogP contribution is -2.22. The Hall–Kier alpha value is -1.68. The zero-order valence-electron chi connectivity index (χ0n) is 16.1. The van der Waals surface area contributed by atoms with Crippen LogP contribution in [0, 0.1) is 5.92 Å². The molecule has 1 fully saturated rings. The van der Waals surface area contributed by atoms with Crippen LogP contribution in [-0.4, -0.2) is 24.9 Å². The van der Waals surface area contributed by atoms with Crippen LogP contribution < -0.4 is 4.74 Å². The summed E-state index contributed by atoms with van der Waals surface area (Å²) in [5, 5.41) is 0. The Morgan fingerprint density at radius 3 is 2.54 bits per heavy atom. The van der Waals surface area contributed by atoms with Gasteiger partial charge in [-0.1, -0.05) is 31.2 Å². The molecular formula is C22H30O3S. The molecule has 0 aromatic heterocycles. The molecular weight excluding hydrogens is 344 g/mol. The molecule has 0 bridgehead atoms. The van der Waals surface area contributed by atoms with Gasteiger partial charge in [-0.15, -0.1) is 11.8 Å². The number of carbonyl (C=O) groups is 1. The van der Waals surface area contributed by atoms with Crippen molar-refractivity contribution >= 4 is 22.6 Å². The standard InChI is InChI=1S/C22H30O3S/c1-16(2)15-21(26-4)18-9-11-19(12-10-18)24-14-13-17(3)22(23)25-20-7-5-6-8-20/h9-12,15,17,20H,1,5-8,13-14H2,2-4H3/b21-15-. The third-order valence-electron chi connectivity index (χ3n) is 4.54. The minimum absolute atomic E-state index is 0.0922. The van der Waals surface area contributed by atoms with Crippen LogP contribution in [0.1, 0.15) is 51.5 Å². The second-order valence-corrected chi connectivity index (χ2v) is 7.81. The van der Waals surface area contributed by atoms with E-state index in [4.69, 9.17) is 9.47 Å². The van der Waals surface area contributed by atoms with E-state index in [1.807, 2.05) is 26.0 Å². The second-order valence-electron chi connectivity index (χ2n) is 6.96. The lowest BCUT2D eigenvalue weighted by Gasteiger charge is -2.16. The molecule has 0 heterocycles. The summed E-state index contributed by atoms with van der Waals surface area (Å²) in [5.41, 5.74) is 2.19. The molecule has 1 atom stereocenters. The first-order chi connectivity index (χ1) is 12.5. The first-order valence-corrected chi connectivity index (χ1v) is 10.6. The van der Waals surface area contributed by atoms with Gasteiger partial charge < -0.3 is 9.47 Å². The number of allylic oxidation sites excluding steroid dienone is 2. The molecule has 26 heavy (non-hydrogen) atoms. The third kappa shape index (κ3) is 6.56. The molecule has 1 aromatic rings. The first kappa shape index (κ1) is 20.6. The molecule has 1 aliphatic rings. The van der Waals surface area contributed by atoms with Crippen molar-refractivity contribution in [1.29, 1.82) is 0 Å². The van der Waals surface area contributed by atoms with Crippen LogP contribution in [0.5, 0.6) is 5.75 Å². The van der Waals surface area contributed by atoms with Gasteiger partial charge in [0.05, 0.1) is 12.5 Å². The topological polar surface area (TPSA) is 35.5 Å². The molecule has 0 radical (unpaired) electrons. The van der Waals surface area contributed by atoms with Gasteiger partial charge in [0.2, 0.25) is 0 Å². The molecule has 3 nitrogen and oxygen atoms in total. The smallest absolute Gasteiger partial charge is 0.309 e. The molecule has 0 saturated heterocycles. The van der Waals surface area contributed by atoms with Crippen molar-refractivity contribution in [3.63, 3.8) is 0 Å². The van der Waals surface area contributed by atoms with Crippen LogP contribution in [0.4, 0.5) is 0 Å². The zero-order chi connectivity index (χ0) is 18.9. The Morgan fingerprint density at radius 1 is 1.31 bits per heavy atom. The highest BCUT2D eigenvalue weighted by Gasteiger charge is 2.22. The zero-order valence-corrected chi connectivity index (χ0v) is 16.9. The van der Waals surface area contributed by atoms with Crippen molar-refractivity contribution in [3.05, 3.63) is 48.1 Å². The van der Waals surface area contributed by atoms with E-state index in [2.05, 4.69) is 31.0 Å². The highest BCUT2D eigenvalue weighted by atomic mass is 32.2. The van der Waals surface area contributed by atoms with Crippen molar-refractivity contribution in [3.8, 4) is 5.75 Å². The first-order valence-electron chi connectivity index (χ1n) is 9.34. The van der Waals surface area contributed by atoms with Gasteiger partial charge in [0.1, 0.15) is 11.9 Å². The molecule has 1 unspecified atom stereocenters. The van der Waals surface area contributed by atoms with Gasteiger partial charge in [0.15, 0.2) is 0 Å². The monoisotopic (exact) mass is 374 g/mol. The molecule has 2 rings (SSSR count). The molecule has 0 spiro atoms. The molecule has 1 saturated carbocycles. The summed E-state index contributed by atoms with van der Waals surface area (Å²) in [7, 11) is 0. The van der Waals surface area contributed by atoms with Gasteiger partial charge in [0, 0.05) is 4.91 Å². The van der Waals surface area contributed by atoms with Gasteiger partial charge in [-0.2, -0.15) is 0 Å². The van der Waals surface area contributed by atoms with Crippen molar-refractivity contribution in [2.24, 2.45) is 5.92 Å². The summed E-state index contributed by atoms with van der Waals surface area (Å²) in [5.74, 6) is 0.600. The predicted octanol–water partition coefficient (Wildman–Crippen LogP) is 5.86. The number of esters is 1. The van der Waals surface area contributed by atoms with E-state index >= 15 is 0 Å². The number of hydrogen-bond donors (Lipinski definition) is 0. The number of carbonyl (C=O) groups excluding carboxylic acids is 1. The van der Waals surface area contributed by atoms with E-state index in [-0.39, 0.29) is 18.0 Å². The van der Waals surface area contributed by atoms with Crippen molar-refractivity contribution < 1.29 is 14.3 Å². The molecule has 4 heteroatoms. The number of ether oxygens (including phenoxy) is 2. The number of benzene rings is 1. The van der Waals surface area contributed by atoms with Gasteiger partial charge >= 0.3 is 5.97 Å². The van der Waals surface area contributed by atoms with E-state index in [1.165, 1.54) is 17.7 Å². The molecule has 0 amide bonds. The summed E-state index contributed by atoms with van der Waals surface area (Å²) in [6.07, 6.45) is 9.31. The SMILES string of the molecule is C=C(C)/C=C(\SC)c1ccc(OCCC(C)C(=O)OC2CCCC2)cc1. The van der Waals surface area contributed by atoms with Crippen LogP contribution in [-0.2, 0) is 9.53 Å². The van der Waals surface area contributed by atoms with E-state index in [0.29, 0.717) is 13.0 Å². The summed E-state index contributed by atoms with van der Waals surface area (Å²) in [4.78, 5) is 13.3. The second kappa shape index (κ2) is 10.5. The summed E-state index contributed by atoms with van der Waals surface area (Å²) >= 11 is 1.70. The Balaban J connectivity index is 1.78. The highest BCUT2D eigenvalue weighted by Crippen LogP contribution is 2.28. The van der Waals surface area contributed by atoms with Crippen LogP contribution in [0.15, 0.2) is 42.5 Å². The maximum absolute atomic E-state index is 12.1. The van der Waals surface area contributed by atoms with Gasteiger partial charge in [-0.3, -0.25) is 4.79 Å². The molecule has 1 aliphatic carbocycles. The normalized spacial score (nSPS) is 16.3. The third-order valence-corrected chi connectivity index (χ3v) is 5.34. The number of hydrogen-bond acceptors (Lipinski definition) is 4. The highest BCUT2D eigenvalue weighted by molar-refractivity contribution is 8.07.